The molecule has 112 valence electrons. The molecule has 7 nitrogen and oxygen atoms in total. The van der Waals surface area contributed by atoms with Gasteiger partial charge in [0, 0.05) is 32.6 Å². The molecule has 0 saturated carbocycles. The van der Waals surface area contributed by atoms with Crippen LogP contribution in [0.25, 0.3) is 5.65 Å². The van der Waals surface area contributed by atoms with Gasteiger partial charge in [-0.2, -0.15) is 4.52 Å². The Morgan fingerprint density at radius 1 is 1.19 bits per heavy atom. The Balaban J connectivity index is 1.79. The van der Waals surface area contributed by atoms with Gasteiger partial charge in [-0.15, -0.1) is 15.3 Å². The van der Waals surface area contributed by atoms with Crippen molar-refractivity contribution in [1.29, 1.82) is 0 Å². The van der Waals surface area contributed by atoms with Crippen LogP contribution in [0.5, 0.6) is 0 Å². The van der Waals surface area contributed by atoms with Gasteiger partial charge in [-0.05, 0) is 25.5 Å². The molecule has 1 amide bonds. The third-order valence-electron chi connectivity index (χ3n) is 3.88. The van der Waals surface area contributed by atoms with Crippen LogP contribution >= 0.6 is 0 Å². The minimum atomic E-state index is 0.231. The van der Waals surface area contributed by atoms with Crippen LogP contribution in [0.3, 0.4) is 0 Å². The first-order valence-electron chi connectivity index (χ1n) is 7.41. The van der Waals surface area contributed by atoms with E-state index in [9.17, 15) is 4.79 Å². The third kappa shape index (κ3) is 2.68. The van der Waals surface area contributed by atoms with Gasteiger partial charge >= 0.3 is 0 Å². The van der Waals surface area contributed by atoms with E-state index in [1.807, 2.05) is 30.9 Å². The van der Waals surface area contributed by atoms with Gasteiger partial charge in [-0.25, -0.2) is 0 Å². The normalized spacial score (nSPS) is 16.3. The Morgan fingerprint density at radius 3 is 2.86 bits per heavy atom. The van der Waals surface area contributed by atoms with Crippen LogP contribution in [0.4, 0.5) is 5.82 Å². The van der Waals surface area contributed by atoms with Crippen molar-refractivity contribution in [3.63, 3.8) is 0 Å². The number of aryl methyl sites for hydroxylation is 1. The number of rotatable bonds is 2. The smallest absolute Gasteiger partial charge is 0.222 e. The molecule has 1 fully saturated rings. The first-order valence-corrected chi connectivity index (χ1v) is 7.41. The van der Waals surface area contributed by atoms with E-state index in [4.69, 9.17) is 0 Å². The number of hydrogen-bond acceptors (Lipinski definition) is 5. The molecule has 0 aromatic carbocycles. The van der Waals surface area contributed by atoms with E-state index in [0.717, 1.165) is 49.9 Å². The zero-order valence-corrected chi connectivity index (χ0v) is 12.5. The lowest BCUT2D eigenvalue weighted by Gasteiger charge is -2.22. The molecular weight excluding hydrogens is 268 g/mol. The van der Waals surface area contributed by atoms with Gasteiger partial charge in [0.05, 0.1) is 0 Å². The molecule has 0 aliphatic carbocycles. The SMILES string of the molecule is CCC(=O)N1CCCN(c2ccc3nnc(C)n3n2)CC1. The number of aromatic nitrogens is 4. The fraction of sp³-hybridized carbons (Fsp3) is 0.571. The van der Waals surface area contributed by atoms with Crippen molar-refractivity contribution in [3.05, 3.63) is 18.0 Å². The number of carbonyl (C=O) groups is 1. The van der Waals surface area contributed by atoms with Crippen LogP contribution in [-0.2, 0) is 4.79 Å². The van der Waals surface area contributed by atoms with E-state index in [2.05, 4.69) is 20.2 Å². The molecule has 0 atom stereocenters. The Labute approximate surface area is 123 Å². The zero-order valence-electron chi connectivity index (χ0n) is 12.5. The lowest BCUT2D eigenvalue weighted by atomic mass is 10.3. The molecule has 2 aromatic rings. The maximum Gasteiger partial charge on any atom is 0.222 e. The Kier molecular flexibility index (Phi) is 3.72. The summed E-state index contributed by atoms with van der Waals surface area (Å²) in [5.41, 5.74) is 0.758. The maximum absolute atomic E-state index is 11.8. The molecule has 3 rings (SSSR count). The molecular formula is C14H20N6O. The van der Waals surface area contributed by atoms with E-state index in [1.54, 1.807) is 4.52 Å². The summed E-state index contributed by atoms with van der Waals surface area (Å²) in [6.45, 7) is 7.11. The summed E-state index contributed by atoms with van der Waals surface area (Å²) in [5, 5.41) is 12.7. The number of anilines is 1. The van der Waals surface area contributed by atoms with Crippen LogP contribution in [-0.4, -0.2) is 56.8 Å². The molecule has 2 aromatic heterocycles. The Morgan fingerprint density at radius 2 is 2.05 bits per heavy atom. The van der Waals surface area contributed by atoms with Crippen LogP contribution in [0.1, 0.15) is 25.6 Å². The molecule has 3 heterocycles. The lowest BCUT2D eigenvalue weighted by molar-refractivity contribution is -0.130. The Hall–Kier alpha value is -2.18. The topological polar surface area (TPSA) is 66.6 Å². The molecule has 1 aliphatic heterocycles. The number of carbonyl (C=O) groups excluding carboxylic acids is 1. The van der Waals surface area contributed by atoms with Crippen molar-refractivity contribution < 1.29 is 4.79 Å². The van der Waals surface area contributed by atoms with Gasteiger partial charge in [0.2, 0.25) is 5.91 Å². The Bertz CT molecular complexity index is 652. The lowest BCUT2D eigenvalue weighted by Crippen LogP contribution is -2.35. The van der Waals surface area contributed by atoms with Crippen molar-refractivity contribution in [2.75, 3.05) is 31.1 Å². The van der Waals surface area contributed by atoms with Gasteiger partial charge in [0.1, 0.15) is 5.82 Å². The highest BCUT2D eigenvalue weighted by Crippen LogP contribution is 2.15. The van der Waals surface area contributed by atoms with Crippen molar-refractivity contribution in [1.82, 2.24) is 24.7 Å². The molecule has 0 bridgehead atoms. The molecule has 0 spiro atoms. The predicted octanol–water partition coefficient (Wildman–Crippen LogP) is 0.881. The fourth-order valence-corrected chi connectivity index (χ4v) is 2.67. The van der Waals surface area contributed by atoms with Crippen molar-refractivity contribution in [2.24, 2.45) is 0 Å². The van der Waals surface area contributed by atoms with Crippen LogP contribution in [0.15, 0.2) is 12.1 Å². The molecule has 0 unspecified atom stereocenters. The maximum atomic E-state index is 11.8. The second-order valence-corrected chi connectivity index (χ2v) is 5.28. The molecule has 0 radical (unpaired) electrons. The highest BCUT2D eigenvalue weighted by Gasteiger charge is 2.19. The minimum absolute atomic E-state index is 0.231. The largest absolute Gasteiger partial charge is 0.353 e. The summed E-state index contributed by atoms with van der Waals surface area (Å²) in [6, 6.07) is 3.91. The van der Waals surface area contributed by atoms with E-state index >= 15 is 0 Å². The van der Waals surface area contributed by atoms with Crippen LogP contribution < -0.4 is 4.90 Å². The second-order valence-electron chi connectivity index (χ2n) is 5.28. The van der Waals surface area contributed by atoms with Crippen molar-refractivity contribution in [3.8, 4) is 0 Å². The highest BCUT2D eigenvalue weighted by atomic mass is 16.2. The summed E-state index contributed by atoms with van der Waals surface area (Å²) in [7, 11) is 0. The zero-order chi connectivity index (χ0) is 14.8. The van der Waals surface area contributed by atoms with Gasteiger partial charge in [-0.1, -0.05) is 6.92 Å². The van der Waals surface area contributed by atoms with E-state index in [0.29, 0.717) is 6.42 Å². The van der Waals surface area contributed by atoms with Gasteiger partial charge in [0.25, 0.3) is 0 Å². The van der Waals surface area contributed by atoms with Crippen LogP contribution in [0.2, 0.25) is 0 Å². The van der Waals surface area contributed by atoms with Crippen LogP contribution in [0, 0.1) is 6.92 Å². The summed E-state index contributed by atoms with van der Waals surface area (Å²) in [6.07, 6.45) is 1.54. The third-order valence-corrected chi connectivity index (χ3v) is 3.88. The van der Waals surface area contributed by atoms with Crippen molar-refractivity contribution in [2.45, 2.75) is 26.7 Å². The van der Waals surface area contributed by atoms with E-state index < -0.39 is 0 Å². The summed E-state index contributed by atoms with van der Waals surface area (Å²) in [5.74, 6) is 1.93. The predicted molar refractivity (Wildman–Crippen MR) is 79.2 cm³/mol. The molecule has 1 aliphatic rings. The number of hydrogen-bond donors (Lipinski definition) is 0. The molecule has 21 heavy (non-hydrogen) atoms. The molecule has 0 N–H and O–H groups in total. The minimum Gasteiger partial charge on any atom is -0.353 e. The molecule has 7 heteroatoms. The number of amides is 1. The monoisotopic (exact) mass is 288 g/mol. The highest BCUT2D eigenvalue weighted by molar-refractivity contribution is 5.75. The average Bonchev–Trinajstić information content (AvgIpc) is 2.74. The second kappa shape index (κ2) is 5.67. The quantitative estimate of drug-likeness (QED) is 0.820. The first kappa shape index (κ1) is 13.8. The summed E-state index contributed by atoms with van der Waals surface area (Å²) >= 11 is 0. The van der Waals surface area contributed by atoms with E-state index in [1.165, 1.54) is 0 Å². The fourth-order valence-electron chi connectivity index (χ4n) is 2.67. The van der Waals surface area contributed by atoms with Gasteiger partial charge in [-0.3, -0.25) is 4.79 Å². The van der Waals surface area contributed by atoms with Gasteiger partial charge < -0.3 is 9.80 Å². The number of nitrogens with zero attached hydrogens (tertiary/aromatic N) is 6. The average molecular weight is 288 g/mol. The van der Waals surface area contributed by atoms with Gasteiger partial charge in [0.15, 0.2) is 11.5 Å². The van der Waals surface area contributed by atoms with Crippen molar-refractivity contribution >= 4 is 17.4 Å². The molecule has 1 saturated heterocycles. The summed E-state index contributed by atoms with van der Waals surface area (Å²) < 4.78 is 1.76. The standard InChI is InChI=1S/C14H20N6O/c1-3-14(21)19-8-4-7-18(9-10-19)13-6-5-12-16-15-11(2)20(12)17-13/h5-6H,3-4,7-10H2,1-2H3. The van der Waals surface area contributed by atoms with E-state index in [-0.39, 0.29) is 5.91 Å². The number of fused-ring (bicyclic) bond motifs is 1. The first-order chi connectivity index (χ1) is 10.2. The summed E-state index contributed by atoms with van der Waals surface area (Å²) in [4.78, 5) is 16.0.